The minimum atomic E-state index is -0.360. The van der Waals surface area contributed by atoms with Gasteiger partial charge in [0.1, 0.15) is 18.2 Å². The summed E-state index contributed by atoms with van der Waals surface area (Å²) >= 11 is 0. The molecule has 1 aromatic rings. The molecule has 2 N–H and O–H groups in total. The molecule has 1 amide bonds. The lowest BCUT2D eigenvalue weighted by molar-refractivity contribution is -0.118. The maximum Gasteiger partial charge on any atom is 0.237 e. The summed E-state index contributed by atoms with van der Waals surface area (Å²) < 4.78 is 1.80. The van der Waals surface area contributed by atoms with Crippen molar-refractivity contribution in [2.24, 2.45) is 5.73 Å². The van der Waals surface area contributed by atoms with Crippen molar-refractivity contribution in [3.8, 4) is 0 Å². The molecule has 0 bridgehead atoms. The van der Waals surface area contributed by atoms with Crippen LogP contribution in [0.15, 0.2) is 0 Å². The van der Waals surface area contributed by atoms with E-state index in [1.807, 2.05) is 20.8 Å². The Morgan fingerprint density at radius 3 is 2.57 bits per heavy atom. The molecule has 0 aromatic carbocycles. The van der Waals surface area contributed by atoms with E-state index in [9.17, 15) is 4.79 Å². The molecule has 1 aromatic heterocycles. The van der Waals surface area contributed by atoms with Gasteiger partial charge in [-0.1, -0.05) is 20.8 Å². The molecular weight excluding hydrogens is 180 g/mol. The highest BCUT2D eigenvalue weighted by Crippen LogP contribution is 2.13. The number of nitrogens with two attached hydrogens (primary N) is 1. The van der Waals surface area contributed by atoms with Gasteiger partial charge in [0.15, 0.2) is 0 Å². The lowest BCUT2D eigenvalue weighted by atomic mass is 10.2. The SMILES string of the molecule is CCc1nnc(C(C)C)n1CC(N)=O. The number of primary amides is 1. The van der Waals surface area contributed by atoms with E-state index in [4.69, 9.17) is 5.73 Å². The minimum absolute atomic E-state index is 0.170. The van der Waals surface area contributed by atoms with E-state index in [0.29, 0.717) is 0 Å². The zero-order valence-corrected chi connectivity index (χ0v) is 8.82. The van der Waals surface area contributed by atoms with Crippen LogP contribution in [-0.2, 0) is 17.8 Å². The van der Waals surface area contributed by atoms with E-state index in [-0.39, 0.29) is 18.4 Å². The monoisotopic (exact) mass is 196 g/mol. The molecule has 0 fully saturated rings. The maximum atomic E-state index is 10.9. The fourth-order valence-electron chi connectivity index (χ4n) is 1.37. The molecule has 0 unspecified atom stereocenters. The van der Waals surface area contributed by atoms with E-state index < -0.39 is 0 Å². The van der Waals surface area contributed by atoms with Gasteiger partial charge in [0, 0.05) is 12.3 Å². The van der Waals surface area contributed by atoms with Crippen LogP contribution in [0.4, 0.5) is 0 Å². The second-order valence-electron chi connectivity index (χ2n) is 3.54. The molecule has 0 aliphatic carbocycles. The number of amides is 1. The van der Waals surface area contributed by atoms with Gasteiger partial charge in [-0.15, -0.1) is 10.2 Å². The Bertz CT molecular complexity index is 330. The first kappa shape index (κ1) is 10.7. The maximum absolute atomic E-state index is 10.9. The Hall–Kier alpha value is -1.39. The number of hydrogen-bond acceptors (Lipinski definition) is 3. The number of hydrogen-bond donors (Lipinski definition) is 1. The summed E-state index contributed by atoms with van der Waals surface area (Å²) in [6.07, 6.45) is 0.757. The normalized spacial score (nSPS) is 10.9. The molecule has 1 heterocycles. The van der Waals surface area contributed by atoms with Crippen molar-refractivity contribution in [3.05, 3.63) is 11.6 Å². The van der Waals surface area contributed by atoms with Crippen LogP contribution in [0.3, 0.4) is 0 Å². The molecule has 14 heavy (non-hydrogen) atoms. The van der Waals surface area contributed by atoms with Crippen molar-refractivity contribution in [1.82, 2.24) is 14.8 Å². The molecular formula is C9H16N4O. The van der Waals surface area contributed by atoms with Gasteiger partial charge in [0.2, 0.25) is 5.91 Å². The summed E-state index contributed by atoms with van der Waals surface area (Å²) in [5.74, 6) is 1.52. The highest BCUT2D eigenvalue weighted by atomic mass is 16.1. The second-order valence-corrected chi connectivity index (χ2v) is 3.54. The summed E-state index contributed by atoms with van der Waals surface area (Å²) in [7, 11) is 0. The molecule has 0 aliphatic heterocycles. The molecule has 1 rings (SSSR count). The number of carbonyl (C=O) groups excluding carboxylic acids is 1. The number of carbonyl (C=O) groups is 1. The lowest BCUT2D eigenvalue weighted by Crippen LogP contribution is -2.22. The van der Waals surface area contributed by atoms with Crippen LogP contribution in [-0.4, -0.2) is 20.7 Å². The van der Waals surface area contributed by atoms with Gasteiger partial charge in [-0.3, -0.25) is 4.79 Å². The molecule has 78 valence electrons. The van der Waals surface area contributed by atoms with Crippen molar-refractivity contribution in [1.29, 1.82) is 0 Å². The van der Waals surface area contributed by atoms with Crippen LogP contribution in [0, 0.1) is 0 Å². The van der Waals surface area contributed by atoms with Gasteiger partial charge in [0.05, 0.1) is 0 Å². The number of aromatic nitrogens is 3. The van der Waals surface area contributed by atoms with E-state index >= 15 is 0 Å². The third-order valence-corrected chi connectivity index (χ3v) is 2.00. The predicted molar refractivity (Wildman–Crippen MR) is 52.7 cm³/mol. The Kier molecular flexibility index (Phi) is 3.22. The van der Waals surface area contributed by atoms with E-state index in [1.54, 1.807) is 4.57 Å². The molecule has 0 saturated carbocycles. The lowest BCUT2D eigenvalue weighted by Gasteiger charge is -2.08. The van der Waals surface area contributed by atoms with Gasteiger partial charge in [-0.25, -0.2) is 0 Å². The van der Waals surface area contributed by atoms with Crippen molar-refractivity contribution in [2.45, 2.75) is 39.7 Å². The minimum Gasteiger partial charge on any atom is -0.368 e. The molecule has 5 nitrogen and oxygen atoms in total. The Morgan fingerprint density at radius 1 is 1.50 bits per heavy atom. The fraction of sp³-hybridized carbons (Fsp3) is 0.667. The molecule has 5 heteroatoms. The molecule has 0 atom stereocenters. The van der Waals surface area contributed by atoms with Gasteiger partial charge >= 0.3 is 0 Å². The van der Waals surface area contributed by atoms with Gasteiger partial charge < -0.3 is 10.3 Å². The predicted octanol–water partition coefficient (Wildman–Crippen LogP) is 0.449. The molecule has 0 saturated heterocycles. The fourth-order valence-corrected chi connectivity index (χ4v) is 1.37. The first-order valence-electron chi connectivity index (χ1n) is 4.76. The van der Waals surface area contributed by atoms with E-state index in [0.717, 1.165) is 18.1 Å². The van der Waals surface area contributed by atoms with Gasteiger partial charge in [0.25, 0.3) is 0 Å². The van der Waals surface area contributed by atoms with Crippen LogP contribution >= 0.6 is 0 Å². The Labute approximate surface area is 83.3 Å². The highest BCUT2D eigenvalue weighted by molar-refractivity contribution is 5.73. The van der Waals surface area contributed by atoms with Gasteiger partial charge in [-0.05, 0) is 0 Å². The largest absolute Gasteiger partial charge is 0.368 e. The Balaban J connectivity index is 3.05. The van der Waals surface area contributed by atoms with Crippen molar-refractivity contribution in [2.75, 3.05) is 0 Å². The quantitative estimate of drug-likeness (QED) is 0.759. The molecule has 0 aliphatic rings. The zero-order chi connectivity index (χ0) is 10.7. The van der Waals surface area contributed by atoms with E-state index in [1.165, 1.54) is 0 Å². The van der Waals surface area contributed by atoms with E-state index in [2.05, 4.69) is 10.2 Å². The van der Waals surface area contributed by atoms with Crippen LogP contribution in [0.25, 0.3) is 0 Å². The topological polar surface area (TPSA) is 73.8 Å². The van der Waals surface area contributed by atoms with Crippen molar-refractivity contribution in [3.63, 3.8) is 0 Å². The summed E-state index contributed by atoms with van der Waals surface area (Å²) in [6, 6.07) is 0. The second kappa shape index (κ2) is 4.21. The van der Waals surface area contributed by atoms with Crippen molar-refractivity contribution < 1.29 is 4.79 Å². The summed E-state index contributed by atoms with van der Waals surface area (Å²) in [5, 5.41) is 8.06. The summed E-state index contributed by atoms with van der Waals surface area (Å²) in [6.45, 7) is 6.18. The highest BCUT2D eigenvalue weighted by Gasteiger charge is 2.14. The third kappa shape index (κ3) is 2.10. The van der Waals surface area contributed by atoms with Crippen LogP contribution < -0.4 is 5.73 Å². The number of aryl methyl sites for hydroxylation is 1. The van der Waals surface area contributed by atoms with Crippen molar-refractivity contribution >= 4 is 5.91 Å². The number of nitrogens with zero attached hydrogens (tertiary/aromatic N) is 3. The third-order valence-electron chi connectivity index (χ3n) is 2.00. The van der Waals surface area contributed by atoms with Crippen LogP contribution in [0.1, 0.15) is 38.3 Å². The molecule has 0 spiro atoms. The average Bonchev–Trinajstić information content (AvgIpc) is 2.46. The standard InChI is InChI=1S/C9H16N4O/c1-4-8-11-12-9(6(2)3)13(8)5-7(10)14/h6H,4-5H2,1-3H3,(H2,10,14). The van der Waals surface area contributed by atoms with Crippen LogP contribution in [0.5, 0.6) is 0 Å². The Morgan fingerprint density at radius 2 is 2.14 bits per heavy atom. The zero-order valence-electron chi connectivity index (χ0n) is 8.82. The first-order valence-corrected chi connectivity index (χ1v) is 4.76. The van der Waals surface area contributed by atoms with Gasteiger partial charge in [-0.2, -0.15) is 0 Å². The average molecular weight is 196 g/mol. The summed E-state index contributed by atoms with van der Waals surface area (Å²) in [4.78, 5) is 10.9. The van der Waals surface area contributed by atoms with Crippen LogP contribution in [0.2, 0.25) is 0 Å². The molecule has 0 radical (unpaired) electrons. The smallest absolute Gasteiger partial charge is 0.237 e. The number of rotatable bonds is 4. The summed E-state index contributed by atoms with van der Waals surface area (Å²) in [5.41, 5.74) is 5.16. The first-order chi connectivity index (χ1) is 6.56.